The maximum atomic E-state index is 13.5. The summed E-state index contributed by atoms with van der Waals surface area (Å²) in [6, 6.07) is 9.97. The molecule has 1 saturated heterocycles. The van der Waals surface area contributed by atoms with E-state index in [-0.39, 0.29) is 16.7 Å². The number of fused-ring (bicyclic) bond motifs is 1. The van der Waals surface area contributed by atoms with Crippen molar-refractivity contribution in [3.8, 4) is 11.5 Å². The smallest absolute Gasteiger partial charge is 0.247 e. The van der Waals surface area contributed by atoms with E-state index in [0.29, 0.717) is 30.2 Å². The summed E-state index contributed by atoms with van der Waals surface area (Å²) in [6.45, 7) is 0.412. The fourth-order valence-corrected chi connectivity index (χ4v) is 5.31. The Hall–Kier alpha value is -2.65. The summed E-state index contributed by atoms with van der Waals surface area (Å²) < 4.78 is 40.7. The highest BCUT2D eigenvalue weighted by Gasteiger charge is 2.40. The van der Waals surface area contributed by atoms with Gasteiger partial charge in [0.1, 0.15) is 16.4 Å². The van der Waals surface area contributed by atoms with E-state index in [1.807, 2.05) is 28.8 Å². The van der Waals surface area contributed by atoms with E-state index in [9.17, 15) is 8.42 Å². The van der Waals surface area contributed by atoms with Gasteiger partial charge in [-0.15, -0.1) is 10.2 Å². The molecule has 0 aliphatic carbocycles. The Morgan fingerprint density at radius 1 is 1.11 bits per heavy atom. The summed E-state index contributed by atoms with van der Waals surface area (Å²) >= 11 is 0. The van der Waals surface area contributed by atoms with Crippen LogP contribution in [-0.4, -0.2) is 48.1 Å². The van der Waals surface area contributed by atoms with Crippen molar-refractivity contribution in [3.63, 3.8) is 0 Å². The third-order valence-corrected chi connectivity index (χ3v) is 6.73. The molecule has 27 heavy (non-hydrogen) atoms. The van der Waals surface area contributed by atoms with Gasteiger partial charge >= 0.3 is 0 Å². The van der Waals surface area contributed by atoms with Crippen molar-refractivity contribution >= 4 is 15.7 Å². The van der Waals surface area contributed by atoms with Gasteiger partial charge in [0, 0.05) is 18.8 Å². The molecule has 0 spiro atoms. The second-order valence-corrected chi connectivity index (χ2v) is 8.14. The van der Waals surface area contributed by atoms with Crippen LogP contribution in [0.1, 0.15) is 24.7 Å². The lowest BCUT2D eigenvalue weighted by atomic mass is 10.2. The van der Waals surface area contributed by atoms with Crippen molar-refractivity contribution in [1.29, 1.82) is 0 Å². The minimum absolute atomic E-state index is 0.0880. The molecule has 0 saturated carbocycles. The molecule has 0 N–H and O–H groups in total. The van der Waals surface area contributed by atoms with Crippen LogP contribution in [0.3, 0.4) is 0 Å². The van der Waals surface area contributed by atoms with E-state index < -0.39 is 10.0 Å². The van der Waals surface area contributed by atoms with Crippen LogP contribution < -0.4 is 9.47 Å². The number of nitrogens with zero attached hydrogens (tertiary/aromatic N) is 4. The Morgan fingerprint density at radius 3 is 2.74 bits per heavy atom. The quantitative estimate of drug-likeness (QED) is 0.666. The van der Waals surface area contributed by atoms with Gasteiger partial charge in [-0.2, -0.15) is 4.31 Å². The minimum Gasteiger partial charge on any atom is -0.497 e. The second-order valence-electron chi connectivity index (χ2n) is 6.28. The van der Waals surface area contributed by atoms with Crippen molar-refractivity contribution in [1.82, 2.24) is 18.9 Å². The Balaban J connectivity index is 1.80. The highest BCUT2D eigenvalue weighted by Crippen LogP contribution is 2.39. The lowest BCUT2D eigenvalue weighted by Crippen LogP contribution is -2.32. The first-order valence-electron chi connectivity index (χ1n) is 8.60. The van der Waals surface area contributed by atoms with Gasteiger partial charge in [-0.1, -0.05) is 6.07 Å². The van der Waals surface area contributed by atoms with Crippen LogP contribution in [0.25, 0.3) is 5.65 Å². The zero-order valence-electron chi connectivity index (χ0n) is 15.1. The molecule has 8 nitrogen and oxygen atoms in total. The molecule has 2 aromatic heterocycles. The zero-order valence-corrected chi connectivity index (χ0v) is 15.9. The first-order valence-corrected chi connectivity index (χ1v) is 10.0. The van der Waals surface area contributed by atoms with E-state index in [1.165, 1.54) is 24.6 Å². The van der Waals surface area contributed by atoms with Crippen molar-refractivity contribution in [2.75, 3.05) is 20.8 Å². The fourth-order valence-electron chi connectivity index (χ4n) is 3.48. The summed E-state index contributed by atoms with van der Waals surface area (Å²) in [5.74, 6) is 1.36. The molecule has 1 atom stereocenters. The van der Waals surface area contributed by atoms with Crippen LogP contribution >= 0.6 is 0 Å². The normalized spacial score (nSPS) is 18.1. The number of sulfonamides is 1. The fraction of sp³-hybridized carbons (Fsp3) is 0.333. The Labute approximate surface area is 157 Å². The van der Waals surface area contributed by atoms with E-state index in [2.05, 4.69) is 10.2 Å². The summed E-state index contributed by atoms with van der Waals surface area (Å²) in [6.07, 6.45) is 3.28. The third kappa shape index (κ3) is 2.92. The molecule has 9 heteroatoms. The first-order chi connectivity index (χ1) is 13.1. The lowest BCUT2D eigenvalue weighted by Gasteiger charge is -2.24. The largest absolute Gasteiger partial charge is 0.497 e. The Morgan fingerprint density at radius 2 is 1.96 bits per heavy atom. The average Bonchev–Trinajstić information content (AvgIpc) is 3.34. The van der Waals surface area contributed by atoms with Crippen molar-refractivity contribution in [3.05, 3.63) is 48.4 Å². The molecule has 0 radical (unpaired) electrons. The predicted octanol–water partition coefficient (Wildman–Crippen LogP) is 2.27. The van der Waals surface area contributed by atoms with Gasteiger partial charge in [-0.05, 0) is 37.1 Å². The highest BCUT2D eigenvalue weighted by molar-refractivity contribution is 7.89. The molecule has 0 amide bonds. The first kappa shape index (κ1) is 17.7. The van der Waals surface area contributed by atoms with Crippen LogP contribution in [0.4, 0.5) is 0 Å². The van der Waals surface area contributed by atoms with Gasteiger partial charge < -0.3 is 9.47 Å². The molecule has 1 aliphatic rings. The molecule has 1 fully saturated rings. The zero-order chi connectivity index (χ0) is 19.0. The summed E-state index contributed by atoms with van der Waals surface area (Å²) in [5, 5.41) is 8.42. The van der Waals surface area contributed by atoms with E-state index in [4.69, 9.17) is 9.47 Å². The maximum absolute atomic E-state index is 13.5. The Bertz CT molecular complexity index is 1080. The van der Waals surface area contributed by atoms with E-state index in [0.717, 1.165) is 6.42 Å². The van der Waals surface area contributed by atoms with E-state index in [1.54, 1.807) is 12.1 Å². The summed E-state index contributed by atoms with van der Waals surface area (Å²) in [5.41, 5.74) is 0.690. The van der Waals surface area contributed by atoms with Crippen LogP contribution in [0.2, 0.25) is 0 Å². The van der Waals surface area contributed by atoms with Crippen LogP contribution in [0.15, 0.2) is 47.5 Å². The van der Waals surface area contributed by atoms with Crippen LogP contribution in [0, 0.1) is 0 Å². The average molecular weight is 388 g/mol. The van der Waals surface area contributed by atoms with Crippen LogP contribution in [-0.2, 0) is 10.0 Å². The minimum atomic E-state index is -3.81. The molecule has 1 unspecified atom stereocenters. The van der Waals surface area contributed by atoms with Gasteiger partial charge in [0.2, 0.25) is 10.0 Å². The highest BCUT2D eigenvalue weighted by atomic mass is 32.2. The SMILES string of the molecule is COc1ccc(OC)c(S(=O)(=O)N2CCCC2c2nnc3ccccn23)c1. The Kier molecular flexibility index (Phi) is 4.48. The molecular formula is C18H20N4O4S. The number of hydrogen-bond donors (Lipinski definition) is 0. The van der Waals surface area contributed by atoms with Gasteiger partial charge in [0.25, 0.3) is 0 Å². The van der Waals surface area contributed by atoms with Crippen molar-refractivity contribution in [2.45, 2.75) is 23.8 Å². The molecule has 3 aromatic rings. The number of aromatic nitrogens is 3. The van der Waals surface area contributed by atoms with E-state index >= 15 is 0 Å². The number of methoxy groups -OCH3 is 2. The molecule has 1 aliphatic heterocycles. The number of hydrogen-bond acceptors (Lipinski definition) is 6. The number of rotatable bonds is 5. The van der Waals surface area contributed by atoms with Crippen LogP contribution in [0.5, 0.6) is 11.5 Å². The number of pyridine rings is 1. The van der Waals surface area contributed by atoms with Crippen molar-refractivity contribution < 1.29 is 17.9 Å². The topological polar surface area (TPSA) is 86.0 Å². The van der Waals surface area contributed by atoms with Gasteiger partial charge in [0.15, 0.2) is 11.5 Å². The number of ether oxygens (including phenoxy) is 2. The molecule has 1 aromatic carbocycles. The van der Waals surface area contributed by atoms with Gasteiger partial charge in [-0.25, -0.2) is 8.42 Å². The third-order valence-electron chi connectivity index (χ3n) is 4.80. The predicted molar refractivity (Wildman–Crippen MR) is 98.4 cm³/mol. The number of benzene rings is 1. The molecule has 4 rings (SSSR count). The van der Waals surface area contributed by atoms with Crippen molar-refractivity contribution in [2.24, 2.45) is 0 Å². The molecule has 142 valence electrons. The molecular weight excluding hydrogens is 368 g/mol. The summed E-state index contributed by atoms with van der Waals surface area (Å²) in [7, 11) is -0.859. The van der Waals surface area contributed by atoms with Gasteiger partial charge in [0.05, 0.1) is 20.3 Å². The summed E-state index contributed by atoms with van der Waals surface area (Å²) in [4.78, 5) is 0.0880. The maximum Gasteiger partial charge on any atom is 0.247 e. The monoisotopic (exact) mass is 388 g/mol. The molecule has 0 bridgehead atoms. The standard InChI is InChI=1S/C18H20N4O4S/c1-25-13-8-9-15(26-2)16(12-13)27(23,24)22-11-5-6-14(22)18-20-19-17-7-3-4-10-21(17)18/h3-4,7-10,12,14H,5-6,11H2,1-2H3. The second kappa shape index (κ2) is 6.82. The lowest BCUT2D eigenvalue weighted by molar-refractivity contribution is 0.368. The molecule has 3 heterocycles. The van der Waals surface area contributed by atoms with Gasteiger partial charge in [-0.3, -0.25) is 4.40 Å².